The Morgan fingerprint density at radius 1 is 1.35 bits per heavy atom. The Morgan fingerprint density at radius 3 is 2.70 bits per heavy atom. The van der Waals surface area contributed by atoms with E-state index in [1.165, 1.54) is 30.5 Å². The van der Waals surface area contributed by atoms with E-state index in [9.17, 15) is 19.3 Å². The standard InChI is InChI=1S/C13H10FN3O3/c1-8-2-4-10(17(19)20)6-11(8)13(18)16-9-3-5-12(14)15-7-9/h2-7H,1H3,(H,16,18). The lowest BCUT2D eigenvalue weighted by atomic mass is 10.1. The van der Waals surface area contributed by atoms with E-state index < -0.39 is 16.8 Å². The van der Waals surface area contributed by atoms with Crippen molar-refractivity contribution in [3.63, 3.8) is 0 Å². The van der Waals surface area contributed by atoms with Crippen LogP contribution in [0.1, 0.15) is 15.9 Å². The van der Waals surface area contributed by atoms with Crippen LogP contribution < -0.4 is 5.32 Å². The second-order valence-electron chi connectivity index (χ2n) is 4.08. The lowest BCUT2D eigenvalue weighted by Crippen LogP contribution is -2.14. The predicted octanol–water partition coefficient (Wildman–Crippen LogP) is 2.69. The minimum Gasteiger partial charge on any atom is -0.321 e. The first-order valence-corrected chi connectivity index (χ1v) is 5.65. The van der Waals surface area contributed by atoms with Crippen molar-refractivity contribution in [1.29, 1.82) is 0 Å². The number of carbonyl (C=O) groups excluding carboxylic acids is 1. The van der Waals surface area contributed by atoms with Gasteiger partial charge in [0.2, 0.25) is 5.95 Å². The van der Waals surface area contributed by atoms with Crippen molar-refractivity contribution in [2.24, 2.45) is 0 Å². The number of aryl methyl sites for hydroxylation is 1. The van der Waals surface area contributed by atoms with Crippen LogP contribution >= 0.6 is 0 Å². The molecule has 1 heterocycles. The van der Waals surface area contributed by atoms with E-state index in [0.717, 1.165) is 6.07 Å². The number of nitro groups is 1. The quantitative estimate of drug-likeness (QED) is 0.530. The summed E-state index contributed by atoms with van der Waals surface area (Å²) in [5.74, 6) is -1.17. The summed E-state index contributed by atoms with van der Waals surface area (Å²) in [6, 6.07) is 6.48. The van der Waals surface area contributed by atoms with Crippen molar-refractivity contribution in [3.05, 3.63) is 63.7 Å². The van der Waals surface area contributed by atoms with Crippen molar-refractivity contribution in [2.75, 3.05) is 5.32 Å². The number of non-ortho nitro benzene ring substituents is 1. The number of nitrogens with one attached hydrogen (secondary N) is 1. The summed E-state index contributed by atoms with van der Waals surface area (Å²) < 4.78 is 12.7. The van der Waals surface area contributed by atoms with Gasteiger partial charge in [0.25, 0.3) is 11.6 Å². The molecule has 0 radical (unpaired) electrons. The topological polar surface area (TPSA) is 85.1 Å². The number of halogens is 1. The fourth-order valence-corrected chi connectivity index (χ4v) is 1.62. The van der Waals surface area contributed by atoms with Gasteiger partial charge in [-0.1, -0.05) is 6.07 Å². The number of hydrogen-bond donors (Lipinski definition) is 1. The van der Waals surface area contributed by atoms with Gasteiger partial charge in [0.1, 0.15) is 0 Å². The van der Waals surface area contributed by atoms with Crippen molar-refractivity contribution in [1.82, 2.24) is 4.98 Å². The molecule has 2 aromatic rings. The van der Waals surface area contributed by atoms with Gasteiger partial charge in [0.15, 0.2) is 0 Å². The number of rotatable bonds is 3. The van der Waals surface area contributed by atoms with Gasteiger partial charge in [-0.3, -0.25) is 14.9 Å². The normalized spacial score (nSPS) is 10.1. The second-order valence-corrected chi connectivity index (χ2v) is 4.08. The maximum atomic E-state index is 12.7. The van der Waals surface area contributed by atoms with Crippen LogP contribution in [0.2, 0.25) is 0 Å². The average molecular weight is 275 g/mol. The van der Waals surface area contributed by atoms with Gasteiger partial charge in [-0.15, -0.1) is 0 Å². The Morgan fingerprint density at radius 2 is 2.10 bits per heavy atom. The summed E-state index contributed by atoms with van der Waals surface area (Å²) in [6.45, 7) is 1.67. The molecule has 0 aliphatic rings. The van der Waals surface area contributed by atoms with Crippen LogP contribution in [0.3, 0.4) is 0 Å². The number of pyridine rings is 1. The minimum absolute atomic E-state index is 0.169. The molecule has 1 N–H and O–H groups in total. The van der Waals surface area contributed by atoms with Crippen molar-refractivity contribution < 1.29 is 14.1 Å². The lowest BCUT2D eigenvalue weighted by molar-refractivity contribution is -0.384. The molecule has 6 nitrogen and oxygen atoms in total. The summed E-state index contributed by atoms with van der Waals surface area (Å²) >= 11 is 0. The molecule has 0 bridgehead atoms. The van der Waals surface area contributed by atoms with Crippen LogP contribution in [0.5, 0.6) is 0 Å². The SMILES string of the molecule is Cc1ccc([N+](=O)[O-])cc1C(=O)Nc1ccc(F)nc1. The Bertz CT molecular complexity index is 671. The highest BCUT2D eigenvalue weighted by Crippen LogP contribution is 2.18. The molecule has 102 valence electrons. The van der Waals surface area contributed by atoms with Crippen LogP contribution in [0.25, 0.3) is 0 Å². The van der Waals surface area contributed by atoms with E-state index in [2.05, 4.69) is 10.3 Å². The molecule has 0 unspecified atom stereocenters. The summed E-state index contributed by atoms with van der Waals surface area (Å²) in [6.07, 6.45) is 1.17. The monoisotopic (exact) mass is 275 g/mol. The molecule has 20 heavy (non-hydrogen) atoms. The Kier molecular flexibility index (Phi) is 3.69. The highest BCUT2D eigenvalue weighted by atomic mass is 19.1. The highest BCUT2D eigenvalue weighted by Gasteiger charge is 2.14. The molecule has 0 saturated heterocycles. The molecule has 0 aliphatic carbocycles. The van der Waals surface area contributed by atoms with E-state index in [0.29, 0.717) is 11.3 Å². The molecule has 2 rings (SSSR count). The third-order valence-electron chi connectivity index (χ3n) is 2.66. The fraction of sp³-hybridized carbons (Fsp3) is 0.0769. The smallest absolute Gasteiger partial charge is 0.270 e. The highest BCUT2D eigenvalue weighted by molar-refractivity contribution is 6.05. The first-order chi connectivity index (χ1) is 9.47. The summed E-state index contributed by atoms with van der Waals surface area (Å²) in [5.41, 5.74) is 0.923. The number of amides is 1. The minimum atomic E-state index is -0.658. The van der Waals surface area contributed by atoms with Gasteiger partial charge in [0, 0.05) is 17.7 Å². The molecule has 0 spiro atoms. The number of hydrogen-bond acceptors (Lipinski definition) is 4. The number of benzene rings is 1. The zero-order valence-electron chi connectivity index (χ0n) is 10.5. The second kappa shape index (κ2) is 5.43. The third kappa shape index (κ3) is 2.94. The Labute approximate surface area is 113 Å². The molecule has 1 aromatic heterocycles. The van der Waals surface area contributed by atoms with Gasteiger partial charge in [-0.05, 0) is 24.6 Å². The number of anilines is 1. The summed E-state index contributed by atoms with van der Waals surface area (Å²) in [7, 11) is 0. The Hall–Kier alpha value is -2.83. The average Bonchev–Trinajstić information content (AvgIpc) is 2.41. The molecule has 0 fully saturated rings. The van der Waals surface area contributed by atoms with E-state index in [-0.39, 0.29) is 11.3 Å². The molecule has 1 aromatic carbocycles. The van der Waals surface area contributed by atoms with Gasteiger partial charge in [-0.25, -0.2) is 4.98 Å². The van der Waals surface area contributed by atoms with Crippen LogP contribution in [-0.4, -0.2) is 15.8 Å². The van der Waals surface area contributed by atoms with Crippen LogP contribution in [0.4, 0.5) is 15.8 Å². The molecule has 0 aliphatic heterocycles. The van der Waals surface area contributed by atoms with Crippen molar-refractivity contribution >= 4 is 17.3 Å². The molecular weight excluding hydrogens is 265 g/mol. The van der Waals surface area contributed by atoms with E-state index in [1.54, 1.807) is 6.92 Å². The first kappa shape index (κ1) is 13.6. The van der Waals surface area contributed by atoms with E-state index in [1.807, 2.05) is 0 Å². The molecule has 0 atom stereocenters. The largest absolute Gasteiger partial charge is 0.321 e. The molecule has 7 heteroatoms. The zero-order valence-corrected chi connectivity index (χ0v) is 10.5. The van der Waals surface area contributed by atoms with Gasteiger partial charge < -0.3 is 5.32 Å². The van der Waals surface area contributed by atoms with Crippen molar-refractivity contribution in [3.8, 4) is 0 Å². The summed E-state index contributed by atoms with van der Waals surface area (Å²) in [4.78, 5) is 25.6. The maximum Gasteiger partial charge on any atom is 0.270 e. The third-order valence-corrected chi connectivity index (χ3v) is 2.66. The first-order valence-electron chi connectivity index (χ1n) is 5.65. The molecule has 0 saturated carbocycles. The van der Waals surface area contributed by atoms with E-state index in [4.69, 9.17) is 0 Å². The van der Waals surface area contributed by atoms with Gasteiger partial charge in [-0.2, -0.15) is 4.39 Å². The predicted molar refractivity (Wildman–Crippen MR) is 70.0 cm³/mol. The zero-order chi connectivity index (χ0) is 14.7. The number of nitro benzene ring substituents is 1. The Balaban J connectivity index is 2.26. The number of carbonyl (C=O) groups is 1. The van der Waals surface area contributed by atoms with Crippen LogP contribution in [-0.2, 0) is 0 Å². The molecular formula is C13H10FN3O3. The van der Waals surface area contributed by atoms with Gasteiger partial charge >= 0.3 is 0 Å². The lowest BCUT2D eigenvalue weighted by Gasteiger charge is -2.07. The van der Waals surface area contributed by atoms with Gasteiger partial charge in [0.05, 0.1) is 16.8 Å². The number of aromatic nitrogens is 1. The maximum absolute atomic E-state index is 12.7. The van der Waals surface area contributed by atoms with Crippen LogP contribution in [0, 0.1) is 23.0 Å². The van der Waals surface area contributed by atoms with E-state index >= 15 is 0 Å². The summed E-state index contributed by atoms with van der Waals surface area (Å²) in [5, 5.41) is 13.2. The van der Waals surface area contributed by atoms with Crippen LogP contribution in [0.15, 0.2) is 36.5 Å². The fourth-order valence-electron chi connectivity index (χ4n) is 1.62. The molecule has 1 amide bonds. The number of nitrogens with zero attached hydrogens (tertiary/aromatic N) is 2. The van der Waals surface area contributed by atoms with Crippen molar-refractivity contribution in [2.45, 2.75) is 6.92 Å².